The maximum absolute atomic E-state index is 5.72. The van der Waals surface area contributed by atoms with Crippen molar-refractivity contribution in [2.24, 2.45) is 0 Å². The van der Waals surface area contributed by atoms with Crippen LogP contribution in [0, 0.1) is 6.92 Å². The van der Waals surface area contributed by atoms with E-state index in [9.17, 15) is 0 Å². The molecule has 100 valence electrons. The molecule has 1 atom stereocenters. The smallest absolute Gasteiger partial charge is 0.220 e. The summed E-state index contributed by atoms with van der Waals surface area (Å²) in [4.78, 5) is 8.45. The molecule has 0 radical (unpaired) electrons. The van der Waals surface area contributed by atoms with E-state index in [1.54, 1.807) is 6.07 Å². The Morgan fingerprint density at radius 3 is 2.72 bits per heavy atom. The number of nitrogens with one attached hydrogen (secondary N) is 1. The van der Waals surface area contributed by atoms with Crippen molar-refractivity contribution in [3.05, 3.63) is 11.9 Å². The van der Waals surface area contributed by atoms with E-state index in [0.29, 0.717) is 36.8 Å². The molecule has 0 aliphatic carbocycles. The summed E-state index contributed by atoms with van der Waals surface area (Å²) in [7, 11) is 0. The Kier molecular flexibility index (Phi) is 4.75. The van der Waals surface area contributed by atoms with Gasteiger partial charge in [-0.2, -0.15) is 9.97 Å². The van der Waals surface area contributed by atoms with E-state index in [1.165, 1.54) is 19.3 Å². The van der Waals surface area contributed by atoms with Crippen LogP contribution < -0.4 is 14.8 Å². The Hall–Kier alpha value is -1.36. The number of aromatic nitrogens is 2. The number of rotatable bonds is 5. The minimum atomic E-state index is 0.435. The molecule has 0 bridgehead atoms. The fraction of sp³-hybridized carbons (Fsp3) is 0.692. The number of aryl methyl sites for hydroxylation is 1. The molecule has 5 heteroatoms. The Labute approximate surface area is 108 Å². The first-order chi connectivity index (χ1) is 8.78. The van der Waals surface area contributed by atoms with Crippen molar-refractivity contribution in [1.29, 1.82) is 0 Å². The van der Waals surface area contributed by atoms with Crippen LogP contribution in [0.2, 0.25) is 0 Å². The molecule has 0 saturated carbocycles. The lowest BCUT2D eigenvalue weighted by Gasteiger charge is -2.23. The van der Waals surface area contributed by atoms with Gasteiger partial charge in [-0.15, -0.1) is 0 Å². The molecule has 2 heterocycles. The van der Waals surface area contributed by atoms with Gasteiger partial charge in [0.05, 0.1) is 12.7 Å². The van der Waals surface area contributed by atoms with Gasteiger partial charge in [-0.05, 0) is 33.2 Å². The molecule has 1 aromatic heterocycles. The Morgan fingerprint density at radius 2 is 2.06 bits per heavy atom. The van der Waals surface area contributed by atoms with Gasteiger partial charge in [0.15, 0.2) is 0 Å². The summed E-state index contributed by atoms with van der Waals surface area (Å²) in [5.74, 6) is 1.85. The topological polar surface area (TPSA) is 56.3 Å². The maximum Gasteiger partial charge on any atom is 0.220 e. The second-order valence-corrected chi connectivity index (χ2v) is 4.48. The second-order valence-electron chi connectivity index (χ2n) is 4.48. The highest BCUT2D eigenvalue weighted by Crippen LogP contribution is 2.16. The van der Waals surface area contributed by atoms with Crippen LogP contribution in [0.1, 0.15) is 32.0 Å². The molecule has 1 aromatic rings. The first kappa shape index (κ1) is 13.1. The quantitative estimate of drug-likeness (QED) is 0.863. The van der Waals surface area contributed by atoms with E-state index in [1.807, 2.05) is 13.8 Å². The first-order valence-corrected chi connectivity index (χ1v) is 6.62. The summed E-state index contributed by atoms with van der Waals surface area (Å²) in [6, 6.07) is 2.18. The largest absolute Gasteiger partial charge is 0.478 e. The minimum absolute atomic E-state index is 0.435. The SMILES string of the molecule is CCOc1cc(OCC2CCCCN2)nc(C)n1. The van der Waals surface area contributed by atoms with E-state index in [4.69, 9.17) is 9.47 Å². The third kappa shape index (κ3) is 3.84. The van der Waals surface area contributed by atoms with Crippen LogP contribution in [-0.4, -0.2) is 35.8 Å². The van der Waals surface area contributed by atoms with Gasteiger partial charge in [0, 0.05) is 6.04 Å². The highest BCUT2D eigenvalue weighted by atomic mass is 16.5. The van der Waals surface area contributed by atoms with Gasteiger partial charge in [-0.25, -0.2) is 0 Å². The van der Waals surface area contributed by atoms with E-state index in [-0.39, 0.29) is 0 Å². The molecule has 18 heavy (non-hydrogen) atoms. The Morgan fingerprint density at radius 1 is 1.28 bits per heavy atom. The van der Waals surface area contributed by atoms with Gasteiger partial charge in [0.1, 0.15) is 12.4 Å². The third-order valence-corrected chi connectivity index (χ3v) is 2.93. The fourth-order valence-corrected chi connectivity index (χ4v) is 2.06. The standard InChI is InChI=1S/C13H21N3O2/c1-3-17-12-8-13(16-10(2)15-12)18-9-11-6-4-5-7-14-11/h8,11,14H,3-7,9H2,1-2H3. The van der Waals surface area contributed by atoms with Crippen LogP contribution in [0.15, 0.2) is 6.07 Å². The predicted molar refractivity (Wildman–Crippen MR) is 69.1 cm³/mol. The van der Waals surface area contributed by atoms with Crippen LogP contribution in [-0.2, 0) is 0 Å². The zero-order chi connectivity index (χ0) is 12.8. The van der Waals surface area contributed by atoms with Crippen molar-refractivity contribution in [3.63, 3.8) is 0 Å². The van der Waals surface area contributed by atoms with Crippen LogP contribution >= 0.6 is 0 Å². The van der Waals surface area contributed by atoms with Gasteiger partial charge in [0.2, 0.25) is 11.8 Å². The summed E-state index contributed by atoms with van der Waals surface area (Å²) >= 11 is 0. The van der Waals surface area contributed by atoms with Crippen molar-refractivity contribution < 1.29 is 9.47 Å². The second kappa shape index (κ2) is 6.54. The van der Waals surface area contributed by atoms with Crippen molar-refractivity contribution >= 4 is 0 Å². The monoisotopic (exact) mass is 251 g/mol. The molecular weight excluding hydrogens is 230 g/mol. The molecule has 1 saturated heterocycles. The highest BCUT2D eigenvalue weighted by Gasteiger charge is 2.13. The highest BCUT2D eigenvalue weighted by molar-refractivity contribution is 5.20. The van der Waals surface area contributed by atoms with Crippen LogP contribution in [0.5, 0.6) is 11.8 Å². The van der Waals surface area contributed by atoms with Gasteiger partial charge < -0.3 is 14.8 Å². The minimum Gasteiger partial charge on any atom is -0.478 e. The number of hydrogen-bond acceptors (Lipinski definition) is 5. The van der Waals surface area contributed by atoms with Crippen molar-refractivity contribution in [2.75, 3.05) is 19.8 Å². The van der Waals surface area contributed by atoms with Crippen LogP contribution in [0.4, 0.5) is 0 Å². The van der Waals surface area contributed by atoms with Crippen molar-refractivity contribution in [3.8, 4) is 11.8 Å². The molecule has 0 amide bonds. The number of piperidine rings is 1. The average Bonchev–Trinajstić information content (AvgIpc) is 2.37. The average molecular weight is 251 g/mol. The first-order valence-electron chi connectivity index (χ1n) is 6.62. The van der Waals surface area contributed by atoms with Gasteiger partial charge >= 0.3 is 0 Å². The van der Waals surface area contributed by atoms with Gasteiger partial charge in [-0.1, -0.05) is 6.42 Å². The van der Waals surface area contributed by atoms with Crippen molar-refractivity contribution in [1.82, 2.24) is 15.3 Å². The molecular formula is C13H21N3O2. The molecule has 5 nitrogen and oxygen atoms in total. The lowest BCUT2D eigenvalue weighted by molar-refractivity contribution is 0.229. The molecule has 0 spiro atoms. The summed E-state index contributed by atoms with van der Waals surface area (Å²) in [6.07, 6.45) is 3.70. The molecule has 1 N–H and O–H groups in total. The molecule has 2 rings (SSSR count). The van der Waals surface area contributed by atoms with Crippen molar-refractivity contribution in [2.45, 2.75) is 39.2 Å². The zero-order valence-corrected chi connectivity index (χ0v) is 11.1. The van der Waals surface area contributed by atoms with Gasteiger partial charge in [0.25, 0.3) is 0 Å². The predicted octanol–water partition coefficient (Wildman–Crippen LogP) is 1.70. The van der Waals surface area contributed by atoms with E-state index < -0.39 is 0 Å². The maximum atomic E-state index is 5.72. The lowest BCUT2D eigenvalue weighted by atomic mass is 10.1. The van der Waals surface area contributed by atoms with E-state index in [2.05, 4.69) is 15.3 Å². The van der Waals surface area contributed by atoms with Crippen LogP contribution in [0.25, 0.3) is 0 Å². The molecule has 0 aromatic carbocycles. The fourth-order valence-electron chi connectivity index (χ4n) is 2.06. The number of ether oxygens (including phenoxy) is 2. The Balaban J connectivity index is 1.91. The normalized spacial score (nSPS) is 19.6. The van der Waals surface area contributed by atoms with Crippen LogP contribution in [0.3, 0.4) is 0 Å². The molecule has 1 aliphatic rings. The molecule has 1 fully saturated rings. The summed E-state index contributed by atoms with van der Waals surface area (Å²) in [5.41, 5.74) is 0. The molecule has 1 unspecified atom stereocenters. The van der Waals surface area contributed by atoms with E-state index in [0.717, 1.165) is 6.54 Å². The summed E-state index contributed by atoms with van der Waals surface area (Å²) in [6.45, 7) is 6.11. The van der Waals surface area contributed by atoms with Gasteiger partial charge in [-0.3, -0.25) is 0 Å². The third-order valence-electron chi connectivity index (χ3n) is 2.93. The molecule has 1 aliphatic heterocycles. The zero-order valence-electron chi connectivity index (χ0n) is 11.1. The van der Waals surface area contributed by atoms with E-state index >= 15 is 0 Å². The summed E-state index contributed by atoms with van der Waals surface area (Å²) < 4.78 is 11.1. The Bertz CT molecular complexity index is 378. The lowest BCUT2D eigenvalue weighted by Crippen LogP contribution is -2.38. The number of hydrogen-bond donors (Lipinski definition) is 1. The number of nitrogens with zero attached hydrogens (tertiary/aromatic N) is 2. The summed E-state index contributed by atoms with van der Waals surface area (Å²) in [5, 5.41) is 3.44.